The van der Waals surface area contributed by atoms with Crippen LogP contribution in [0.15, 0.2) is 40.9 Å². The van der Waals surface area contributed by atoms with Crippen LogP contribution in [-0.4, -0.2) is 6.29 Å². The van der Waals surface area contributed by atoms with Gasteiger partial charge in [-0.15, -0.1) is 0 Å². The van der Waals surface area contributed by atoms with E-state index in [2.05, 4.69) is 15.9 Å². The fourth-order valence-electron chi connectivity index (χ4n) is 1.52. The van der Waals surface area contributed by atoms with Crippen LogP contribution >= 0.6 is 15.9 Å². The molecule has 4 heteroatoms. The van der Waals surface area contributed by atoms with Gasteiger partial charge >= 0.3 is 0 Å². The third-order valence-electron chi connectivity index (χ3n) is 2.41. The summed E-state index contributed by atoms with van der Waals surface area (Å²) in [6.07, 6.45) is 0.587. The summed E-state index contributed by atoms with van der Waals surface area (Å²) in [6.45, 7) is 1.89. The zero-order valence-corrected chi connectivity index (χ0v) is 11.2. The molecular weight excluding hydrogens is 299 g/mol. The van der Waals surface area contributed by atoms with E-state index in [-0.39, 0.29) is 5.56 Å². The standard InChI is InChI=1S/C14H10BrFO2/c1-9-2-3-11(15)6-14(9)18-13-5-10(8-17)4-12(16)7-13/h2-8H,1H3. The molecule has 0 saturated heterocycles. The molecule has 0 amide bonds. The Morgan fingerprint density at radius 1 is 1.22 bits per heavy atom. The van der Waals surface area contributed by atoms with Crippen molar-refractivity contribution in [2.45, 2.75) is 6.92 Å². The Labute approximate surface area is 113 Å². The lowest BCUT2D eigenvalue weighted by Gasteiger charge is -2.09. The van der Waals surface area contributed by atoms with Crippen LogP contribution in [0.4, 0.5) is 4.39 Å². The topological polar surface area (TPSA) is 26.3 Å². The van der Waals surface area contributed by atoms with Crippen molar-refractivity contribution in [2.75, 3.05) is 0 Å². The first-order valence-electron chi connectivity index (χ1n) is 5.28. The van der Waals surface area contributed by atoms with Crippen LogP contribution in [-0.2, 0) is 0 Å². The van der Waals surface area contributed by atoms with E-state index in [1.807, 2.05) is 19.1 Å². The molecule has 0 radical (unpaired) electrons. The molecule has 0 atom stereocenters. The van der Waals surface area contributed by atoms with Crippen molar-refractivity contribution < 1.29 is 13.9 Å². The Hall–Kier alpha value is -1.68. The first-order valence-corrected chi connectivity index (χ1v) is 6.07. The minimum Gasteiger partial charge on any atom is -0.457 e. The van der Waals surface area contributed by atoms with Gasteiger partial charge in [-0.2, -0.15) is 0 Å². The first-order chi connectivity index (χ1) is 8.58. The van der Waals surface area contributed by atoms with Gasteiger partial charge in [-0.05, 0) is 36.8 Å². The second-order valence-corrected chi connectivity index (χ2v) is 4.77. The summed E-state index contributed by atoms with van der Waals surface area (Å²) in [4.78, 5) is 10.7. The highest BCUT2D eigenvalue weighted by Crippen LogP contribution is 2.28. The highest BCUT2D eigenvalue weighted by Gasteiger charge is 2.05. The van der Waals surface area contributed by atoms with Crippen molar-refractivity contribution in [1.82, 2.24) is 0 Å². The average Bonchev–Trinajstić information content (AvgIpc) is 2.33. The van der Waals surface area contributed by atoms with Crippen LogP contribution in [0.1, 0.15) is 15.9 Å². The zero-order chi connectivity index (χ0) is 13.1. The van der Waals surface area contributed by atoms with Crippen molar-refractivity contribution >= 4 is 22.2 Å². The van der Waals surface area contributed by atoms with E-state index in [1.54, 1.807) is 6.07 Å². The van der Waals surface area contributed by atoms with E-state index < -0.39 is 5.82 Å². The number of halogens is 2. The highest BCUT2D eigenvalue weighted by molar-refractivity contribution is 9.10. The van der Waals surface area contributed by atoms with Crippen LogP contribution < -0.4 is 4.74 Å². The Morgan fingerprint density at radius 2 is 2.00 bits per heavy atom. The molecule has 2 aromatic rings. The van der Waals surface area contributed by atoms with Gasteiger partial charge in [0, 0.05) is 16.1 Å². The van der Waals surface area contributed by atoms with Gasteiger partial charge in [0.1, 0.15) is 23.6 Å². The molecule has 0 aliphatic heterocycles. The Bertz CT molecular complexity index is 596. The van der Waals surface area contributed by atoms with Crippen LogP contribution in [0.5, 0.6) is 11.5 Å². The fourth-order valence-corrected chi connectivity index (χ4v) is 1.86. The van der Waals surface area contributed by atoms with Crippen LogP contribution in [0.2, 0.25) is 0 Å². The maximum absolute atomic E-state index is 13.2. The molecule has 0 fully saturated rings. The number of rotatable bonds is 3. The quantitative estimate of drug-likeness (QED) is 0.780. The molecule has 0 saturated carbocycles. The van der Waals surface area contributed by atoms with Gasteiger partial charge in [0.25, 0.3) is 0 Å². The summed E-state index contributed by atoms with van der Waals surface area (Å²) in [7, 11) is 0. The Kier molecular flexibility index (Phi) is 3.77. The average molecular weight is 309 g/mol. The van der Waals surface area contributed by atoms with Crippen molar-refractivity contribution in [3.05, 3.63) is 57.8 Å². The molecule has 0 aromatic heterocycles. The highest BCUT2D eigenvalue weighted by atomic mass is 79.9. The molecule has 0 heterocycles. The summed E-state index contributed by atoms with van der Waals surface area (Å²) >= 11 is 3.34. The maximum Gasteiger partial charge on any atom is 0.150 e. The third-order valence-corrected chi connectivity index (χ3v) is 2.90. The minimum atomic E-state index is -0.498. The van der Waals surface area contributed by atoms with Crippen molar-refractivity contribution in [2.24, 2.45) is 0 Å². The van der Waals surface area contributed by atoms with Crippen LogP contribution in [0, 0.1) is 12.7 Å². The van der Waals surface area contributed by atoms with Gasteiger partial charge in [-0.25, -0.2) is 4.39 Å². The number of aldehydes is 1. The second kappa shape index (κ2) is 5.31. The van der Waals surface area contributed by atoms with Crippen molar-refractivity contribution in [1.29, 1.82) is 0 Å². The summed E-state index contributed by atoms with van der Waals surface area (Å²) in [5.74, 6) is 0.423. The van der Waals surface area contributed by atoms with Crippen molar-refractivity contribution in [3.63, 3.8) is 0 Å². The maximum atomic E-state index is 13.2. The summed E-state index contributed by atoms with van der Waals surface area (Å²) in [6, 6.07) is 9.47. The first kappa shape index (κ1) is 12.8. The van der Waals surface area contributed by atoms with E-state index in [9.17, 15) is 9.18 Å². The largest absolute Gasteiger partial charge is 0.457 e. The molecule has 0 aliphatic carbocycles. The molecule has 18 heavy (non-hydrogen) atoms. The number of hydrogen-bond donors (Lipinski definition) is 0. The molecule has 2 aromatic carbocycles. The van der Waals surface area contributed by atoms with E-state index in [0.29, 0.717) is 17.8 Å². The summed E-state index contributed by atoms with van der Waals surface area (Å²) in [5, 5.41) is 0. The van der Waals surface area contributed by atoms with Gasteiger partial charge < -0.3 is 4.74 Å². The lowest BCUT2D eigenvalue weighted by atomic mass is 10.2. The smallest absolute Gasteiger partial charge is 0.150 e. The Balaban J connectivity index is 2.36. The molecule has 0 bridgehead atoms. The van der Waals surface area contributed by atoms with Crippen LogP contribution in [0.3, 0.4) is 0 Å². The SMILES string of the molecule is Cc1ccc(Br)cc1Oc1cc(F)cc(C=O)c1. The lowest BCUT2D eigenvalue weighted by molar-refractivity contribution is 0.112. The second-order valence-electron chi connectivity index (χ2n) is 3.85. The molecule has 2 rings (SSSR count). The number of hydrogen-bond acceptors (Lipinski definition) is 2. The fraction of sp³-hybridized carbons (Fsp3) is 0.0714. The van der Waals surface area contributed by atoms with E-state index in [1.165, 1.54) is 12.1 Å². The normalized spacial score (nSPS) is 10.2. The number of benzene rings is 2. The molecule has 2 nitrogen and oxygen atoms in total. The van der Waals surface area contributed by atoms with E-state index in [0.717, 1.165) is 16.1 Å². The monoisotopic (exact) mass is 308 g/mol. The minimum absolute atomic E-state index is 0.248. The van der Waals surface area contributed by atoms with Gasteiger partial charge in [0.05, 0.1) is 0 Å². The molecule has 0 unspecified atom stereocenters. The zero-order valence-electron chi connectivity index (χ0n) is 9.61. The van der Waals surface area contributed by atoms with E-state index in [4.69, 9.17) is 4.74 Å². The lowest BCUT2D eigenvalue weighted by Crippen LogP contribution is -1.91. The van der Waals surface area contributed by atoms with Gasteiger partial charge in [0.15, 0.2) is 0 Å². The Morgan fingerprint density at radius 3 is 2.72 bits per heavy atom. The van der Waals surface area contributed by atoms with Gasteiger partial charge in [-0.3, -0.25) is 4.79 Å². The number of carbonyl (C=O) groups excluding carboxylic acids is 1. The van der Waals surface area contributed by atoms with Crippen molar-refractivity contribution in [3.8, 4) is 11.5 Å². The summed E-state index contributed by atoms with van der Waals surface area (Å²) < 4.78 is 19.7. The van der Waals surface area contributed by atoms with Gasteiger partial charge in [-0.1, -0.05) is 22.0 Å². The number of ether oxygens (including phenoxy) is 1. The molecule has 0 aliphatic rings. The van der Waals surface area contributed by atoms with Gasteiger partial charge in [0.2, 0.25) is 0 Å². The molecule has 0 spiro atoms. The summed E-state index contributed by atoms with van der Waals surface area (Å²) in [5.41, 5.74) is 1.17. The van der Waals surface area contributed by atoms with Crippen LogP contribution in [0.25, 0.3) is 0 Å². The molecule has 92 valence electrons. The number of carbonyl (C=O) groups is 1. The molecule has 0 N–H and O–H groups in total. The number of aryl methyl sites for hydroxylation is 1. The molecular formula is C14H10BrFO2. The van der Waals surface area contributed by atoms with E-state index >= 15 is 0 Å². The third kappa shape index (κ3) is 2.96. The predicted octanol–water partition coefficient (Wildman–Crippen LogP) is 4.50. The predicted molar refractivity (Wildman–Crippen MR) is 70.7 cm³/mol.